The van der Waals surface area contributed by atoms with Crippen LogP contribution in [0.5, 0.6) is 5.75 Å². The molecule has 0 bridgehead atoms. The third-order valence-electron chi connectivity index (χ3n) is 3.22. The van der Waals surface area contributed by atoms with Gasteiger partial charge < -0.3 is 9.84 Å². The van der Waals surface area contributed by atoms with Crippen molar-refractivity contribution in [2.24, 2.45) is 0 Å². The predicted molar refractivity (Wildman–Crippen MR) is 76.9 cm³/mol. The van der Waals surface area contributed by atoms with Gasteiger partial charge in [0.1, 0.15) is 11.3 Å². The number of thiophene rings is 1. The number of ether oxygens (including phenoxy) is 1. The van der Waals surface area contributed by atoms with Gasteiger partial charge in [-0.25, -0.2) is 4.79 Å². The number of aryl methyl sites for hydroxylation is 1. The third-order valence-corrected chi connectivity index (χ3v) is 4.12. The highest BCUT2D eigenvalue weighted by atomic mass is 32.1. The maximum Gasteiger partial charge on any atom is 0.342 e. The van der Waals surface area contributed by atoms with Gasteiger partial charge in [0, 0.05) is 10.4 Å². The lowest BCUT2D eigenvalue weighted by Crippen LogP contribution is -2.06. The molecule has 0 spiro atoms. The first kappa shape index (κ1) is 13.6. The number of esters is 1. The summed E-state index contributed by atoms with van der Waals surface area (Å²) in [5, 5.41) is 12.2. The Morgan fingerprint density at radius 1 is 1.47 bits per heavy atom. The molecular weight excluding hydrogens is 260 g/mol. The maximum absolute atomic E-state index is 11.9. The average molecular weight is 276 g/mol. The zero-order valence-electron chi connectivity index (χ0n) is 11.2. The topological polar surface area (TPSA) is 46.5 Å². The Balaban J connectivity index is 2.76. The monoisotopic (exact) mass is 276 g/mol. The van der Waals surface area contributed by atoms with Gasteiger partial charge in [-0.2, -0.15) is 0 Å². The molecule has 0 amide bonds. The number of carbonyl (C=O) groups excluding carboxylic acids is 1. The van der Waals surface area contributed by atoms with Crippen LogP contribution in [0.3, 0.4) is 0 Å². The van der Waals surface area contributed by atoms with Crippen molar-refractivity contribution in [2.45, 2.75) is 20.3 Å². The lowest BCUT2D eigenvalue weighted by Gasteiger charge is -2.14. The molecule has 1 aromatic heterocycles. The van der Waals surface area contributed by atoms with E-state index in [1.165, 1.54) is 18.4 Å². The van der Waals surface area contributed by atoms with Crippen LogP contribution in [0.4, 0.5) is 0 Å². The molecule has 1 N–H and O–H groups in total. The standard InChI is InChI=1S/C15H16O3S/c1-4-10-8-11(12-6-5-7-19-12)13(15(17)18-3)14(16)9(10)2/h5-8,16H,4H2,1-3H3. The zero-order valence-corrected chi connectivity index (χ0v) is 12.0. The fourth-order valence-corrected chi connectivity index (χ4v) is 2.87. The van der Waals surface area contributed by atoms with E-state index in [1.807, 2.05) is 37.4 Å². The number of aromatic hydroxyl groups is 1. The van der Waals surface area contributed by atoms with E-state index >= 15 is 0 Å². The highest BCUT2D eigenvalue weighted by Crippen LogP contribution is 2.37. The number of benzene rings is 1. The van der Waals surface area contributed by atoms with Crippen molar-refractivity contribution in [3.63, 3.8) is 0 Å². The van der Waals surface area contributed by atoms with Crippen LogP contribution in [0.25, 0.3) is 10.4 Å². The van der Waals surface area contributed by atoms with E-state index < -0.39 is 5.97 Å². The number of methoxy groups -OCH3 is 1. The second-order valence-corrected chi connectivity index (χ2v) is 5.20. The number of carbonyl (C=O) groups is 1. The van der Waals surface area contributed by atoms with E-state index in [-0.39, 0.29) is 11.3 Å². The van der Waals surface area contributed by atoms with Crippen LogP contribution in [0.15, 0.2) is 23.6 Å². The molecule has 0 saturated heterocycles. The minimum Gasteiger partial charge on any atom is -0.507 e. The van der Waals surface area contributed by atoms with E-state index in [2.05, 4.69) is 0 Å². The van der Waals surface area contributed by atoms with Crippen molar-refractivity contribution >= 4 is 17.3 Å². The van der Waals surface area contributed by atoms with Gasteiger partial charge in [0.15, 0.2) is 0 Å². The molecular formula is C15H16O3S. The number of hydrogen-bond donors (Lipinski definition) is 1. The van der Waals surface area contributed by atoms with Crippen molar-refractivity contribution in [3.8, 4) is 16.2 Å². The first-order valence-electron chi connectivity index (χ1n) is 6.07. The summed E-state index contributed by atoms with van der Waals surface area (Å²) in [5.74, 6) is -0.485. The molecule has 1 aromatic carbocycles. The summed E-state index contributed by atoms with van der Waals surface area (Å²) in [6.07, 6.45) is 0.805. The zero-order chi connectivity index (χ0) is 14.0. The Kier molecular flexibility index (Phi) is 3.90. The van der Waals surface area contributed by atoms with Crippen molar-refractivity contribution in [1.82, 2.24) is 0 Å². The molecule has 100 valence electrons. The highest BCUT2D eigenvalue weighted by molar-refractivity contribution is 7.13. The Morgan fingerprint density at radius 3 is 2.74 bits per heavy atom. The largest absolute Gasteiger partial charge is 0.507 e. The fraction of sp³-hybridized carbons (Fsp3) is 0.267. The van der Waals surface area contributed by atoms with Gasteiger partial charge in [0.25, 0.3) is 0 Å². The molecule has 2 aromatic rings. The van der Waals surface area contributed by atoms with Crippen LogP contribution >= 0.6 is 11.3 Å². The second kappa shape index (κ2) is 5.45. The summed E-state index contributed by atoms with van der Waals surface area (Å²) in [6, 6.07) is 5.82. The Morgan fingerprint density at radius 2 is 2.21 bits per heavy atom. The Bertz CT molecular complexity index is 600. The smallest absolute Gasteiger partial charge is 0.342 e. The molecule has 0 aliphatic carbocycles. The molecule has 1 heterocycles. The van der Waals surface area contributed by atoms with E-state index in [4.69, 9.17) is 4.74 Å². The molecule has 0 fully saturated rings. The molecule has 0 aliphatic rings. The molecule has 0 unspecified atom stereocenters. The van der Waals surface area contributed by atoms with Crippen molar-refractivity contribution in [1.29, 1.82) is 0 Å². The average Bonchev–Trinajstić information content (AvgIpc) is 2.94. The van der Waals surface area contributed by atoms with Crippen LogP contribution in [0.1, 0.15) is 28.4 Å². The maximum atomic E-state index is 11.9. The van der Waals surface area contributed by atoms with Gasteiger partial charge >= 0.3 is 5.97 Å². The third kappa shape index (κ3) is 2.36. The molecule has 2 rings (SSSR count). The van der Waals surface area contributed by atoms with E-state index in [1.54, 1.807) is 0 Å². The summed E-state index contributed by atoms with van der Waals surface area (Å²) >= 11 is 1.53. The SMILES string of the molecule is CCc1cc(-c2cccs2)c(C(=O)OC)c(O)c1C. The lowest BCUT2D eigenvalue weighted by molar-refractivity contribution is 0.0598. The number of phenols is 1. The first-order valence-corrected chi connectivity index (χ1v) is 6.95. The van der Waals surface area contributed by atoms with Gasteiger partial charge in [-0.05, 0) is 42.0 Å². The molecule has 0 radical (unpaired) electrons. The van der Waals surface area contributed by atoms with Crippen molar-refractivity contribution < 1.29 is 14.6 Å². The lowest BCUT2D eigenvalue weighted by atomic mass is 9.95. The normalized spacial score (nSPS) is 10.5. The molecule has 0 saturated carbocycles. The van der Waals surface area contributed by atoms with Gasteiger partial charge in [0.05, 0.1) is 7.11 Å². The van der Waals surface area contributed by atoms with Gasteiger partial charge in [-0.3, -0.25) is 0 Å². The number of rotatable bonds is 3. The van der Waals surface area contributed by atoms with Crippen LogP contribution < -0.4 is 0 Å². The summed E-state index contributed by atoms with van der Waals surface area (Å²) in [5.41, 5.74) is 2.76. The minimum atomic E-state index is -0.508. The second-order valence-electron chi connectivity index (χ2n) is 4.25. The first-order chi connectivity index (χ1) is 9.10. The van der Waals surface area contributed by atoms with Gasteiger partial charge in [0.2, 0.25) is 0 Å². The quantitative estimate of drug-likeness (QED) is 0.868. The van der Waals surface area contributed by atoms with E-state index in [0.29, 0.717) is 0 Å². The summed E-state index contributed by atoms with van der Waals surface area (Å²) in [7, 11) is 1.32. The summed E-state index contributed by atoms with van der Waals surface area (Å²) < 4.78 is 4.79. The van der Waals surface area contributed by atoms with Gasteiger partial charge in [-0.1, -0.05) is 13.0 Å². The van der Waals surface area contributed by atoms with Crippen LogP contribution in [-0.4, -0.2) is 18.2 Å². The molecule has 0 atom stereocenters. The van der Waals surface area contributed by atoms with Crippen molar-refractivity contribution in [2.75, 3.05) is 7.11 Å². The molecule has 19 heavy (non-hydrogen) atoms. The summed E-state index contributed by atoms with van der Waals surface area (Å²) in [6.45, 7) is 3.84. The molecule has 0 aliphatic heterocycles. The van der Waals surface area contributed by atoms with Crippen LogP contribution in [0, 0.1) is 6.92 Å². The van der Waals surface area contributed by atoms with Gasteiger partial charge in [-0.15, -0.1) is 11.3 Å². The number of hydrogen-bond acceptors (Lipinski definition) is 4. The van der Waals surface area contributed by atoms with Crippen LogP contribution in [-0.2, 0) is 11.2 Å². The van der Waals surface area contributed by atoms with E-state index in [0.717, 1.165) is 28.0 Å². The van der Waals surface area contributed by atoms with Crippen molar-refractivity contribution in [3.05, 3.63) is 40.3 Å². The summed E-state index contributed by atoms with van der Waals surface area (Å²) in [4.78, 5) is 12.9. The van der Waals surface area contributed by atoms with E-state index in [9.17, 15) is 9.90 Å². The Labute approximate surface area is 116 Å². The Hall–Kier alpha value is -1.81. The molecule has 4 heteroatoms. The predicted octanol–water partition coefficient (Wildman–Crippen LogP) is 3.78. The fourth-order valence-electron chi connectivity index (χ4n) is 2.12. The minimum absolute atomic E-state index is 0.0228. The number of phenolic OH excluding ortho intramolecular Hbond substituents is 1. The van der Waals surface area contributed by atoms with Crippen LogP contribution in [0.2, 0.25) is 0 Å². The highest BCUT2D eigenvalue weighted by Gasteiger charge is 2.22. The molecule has 3 nitrogen and oxygen atoms in total.